The Bertz CT molecular complexity index is 112. The van der Waals surface area contributed by atoms with E-state index in [2.05, 4.69) is 34.6 Å². The van der Waals surface area contributed by atoms with Crippen molar-refractivity contribution in [2.24, 2.45) is 17.8 Å². The molecule has 0 spiro atoms. The summed E-state index contributed by atoms with van der Waals surface area (Å²) in [5.74, 6) is 2.90. The summed E-state index contributed by atoms with van der Waals surface area (Å²) in [4.78, 5) is 0. The van der Waals surface area contributed by atoms with Gasteiger partial charge in [-0.1, -0.05) is 90.0 Å². The lowest BCUT2D eigenvalue weighted by Gasteiger charge is -1.94. The van der Waals surface area contributed by atoms with Gasteiger partial charge in [-0.2, -0.15) is 0 Å². The fourth-order valence-corrected chi connectivity index (χ4v) is 1.27. The van der Waals surface area contributed by atoms with E-state index in [0.717, 1.165) is 31.0 Å². The monoisotopic (exact) mass is 334 g/mol. The van der Waals surface area contributed by atoms with Gasteiger partial charge in [-0.25, -0.2) is 0 Å². The van der Waals surface area contributed by atoms with Crippen molar-refractivity contribution in [2.45, 2.75) is 116 Å². The highest BCUT2D eigenvalue weighted by Gasteiger charge is 2.23. The predicted molar refractivity (Wildman–Crippen MR) is 114 cm³/mol. The summed E-state index contributed by atoms with van der Waals surface area (Å²) in [6.45, 7) is 29.1. The third kappa shape index (κ3) is 61.2. The Labute approximate surface area is 152 Å². The summed E-state index contributed by atoms with van der Waals surface area (Å²) in [6.07, 6.45) is 5.55. The van der Waals surface area contributed by atoms with Gasteiger partial charge in [-0.3, -0.25) is 0 Å². The van der Waals surface area contributed by atoms with Gasteiger partial charge in [0.15, 0.2) is 0 Å². The van der Waals surface area contributed by atoms with Gasteiger partial charge in [0.25, 0.3) is 0 Å². The molecular weight excluding hydrogens is 280 g/mol. The number of hydrogen-bond donors (Lipinski definition) is 0. The average molecular weight is 335 g/mol. The maximum atomic E-state index is 4.94. The van der Waals surface area contributed by atoms with E-state index in [1.165, 1.54) is 25.7 Å². The standard InChI is InChI=1S/C6H12.C4H8O.C4H10.4C2H6/c1-5(2)6-3-4-6;1-2-4-5-3-1;1-4(2)3;4*1-2/h5-6H,3-4H2,1-2H3;1-4H2;4H,1-3H3;4*1-2H3. The minimum absolute atomic E-state index is 0.833. The lowest BCUT2D eigenvalue weighted by Crippen LogP contribution is -1.85. The molecule has 1 aliphatic carbocycles. The van der Waals surface area contributed by atoms with Crippen LogP contribution in [0.1, 0.15) is 116 Å². The van der Waals surface area contributed by atoms with E-state index in [1.54, 1.807) is 0 Å². The molecule has 0 unspecified atom stereocenters. The maximum Gasteiger partial charge on any atom is 0.0466 e. The first-order valence-corrected chi connectivity index (χ1v) is 10.6. The fourth-order valence-electron chi connectivity index (χ4n) is 1.27. The molecule has 1 nitrogen and oxygen atoms in total. The van der Waals surface area contributed by atoms with Crippen molar-refractivity contribution in [1.82, 2.24) is 0 Å². The summed E-state index contributed by atoms with van der Waals surface area (Å²) < 4.78 is 4.94. The molecule has 0 aromatic carbocycles. The van der Waals surface area contributed by atoms with E-state index in [9.17, 15) is 0 Å². The van der Waals surface area contributed by atoms with Crippen molar-refractivity contribution in [3.05, 3.63) is 0 Å². The molecule has 1 saturated carbocycles. The van der Waals surface area contributed by atoms with Crippen molar-refractivity contribution in [2.75, 3.05) is 13.2 Å². The van der Waals surface area contributed by atoms with Gasteiger partial charge in [0.05, 0.1) is 0 Å². The van der Waals surface area contributed by atoms with Crippen LogP contribution in [0.25, 0.3) is 0 Å². The SMILES string of the molecule is C1CCOC1.CC.CC.CC.CC.CC(C)C.CC(C)C1CC1. The highest BCUT2D eigenvalue weighted by atomic mass is 16.5. The van der Waals surface area contributed by atoms with E-state index < -0.39 is 0 Å². The number of hydrogen-bond acceptors (Lipinski definition) is 1. The Balaban J connectivity index is -0.0000000587. The van der Waals surface area contributed by atoms with Crippen LogP contribution in [-0.2, 0) is 4.74 Å². The quantitative estimate of drug-likeness (QED) is 0.466. The molecule has 1 saturated heterocycles. The van der Waals surface area contributed by atoms with Crippen molar-refractivity contribution in [3.8, 4) is 0 Å². The molecule has 0 amide bonds. The van der Waals surface area contributed by atoms with Crippen LogP contribution in [0.2, 0.25) is 0 Å². The second-order valence-corrected chi connectivity index (χ2v) is 5.63. The minimum Gasteiger partial charge on any atom is -0.381 e. The fraction of sp³-hybridized carbons (Fsp3) is 1.00. The zero-order valence-electron chi connectivity index (χ0n) is 19.4. The van der Waals surface area contributed by atoms with Crippen LogP contribution in [0.5, 0.6) is 0 Å². The molecular formula is C22H54O. The van der Waals surface area contributed by atoms with Gasteiger partial charge in [0.2, 0.25) is 0 Å². The zero-order valence-corrected chi connectivity index (χ0v) is 19.4. The number of ether oxygens (including phenoxy) is 1. The first-order valence-electron chi connectivity index (χ1n) is 10.6. The van der Waals surface area contributed by atoms with Crippen molar-refractivity contribution < 1.29 is 4.74 Å². The Morgan fingerprint density at radius 2 is 0.870 bits per heavy atom. The van der Waals surface area contributed by atoms with Crippen LogP contribution in [0.15, 0.2) is 0 Å². The first-order chi connectivity index (χ1) is 11.0. The third-order valence-corrected chi connectivity index (χ3v) is 2.39. The highest BCUT2D eigenvalue weighted by Crippen LogP contribution is 2.35. The topological polar surface area (TPSA) is 9.23 Å². The van der Waals surface area contributed by atoms with E-state index in [4.69, 9.17) is 4.74 Å². The Hall–Kier alpha value is -0.0400. The predicted octanol–water partition coefficient (Wildman–Crippen LogP) is 8.62. The highest BCUT2D eigenvalue weighted by molar-refractivity contribution is 4.75. The molecule has 0 bridgehead atoms. The smallest absolute Gasteiger partial charge is 0.0466 e. The molecule has 1 heteroatoms. The molecule has 148 valence electrons. The molecule has 2 fully saturated rings. The summed E-state index contributed by atoms with van der Waals surface area (Å²) in [5.41, 5.74) is 0. The van der Waals surface area contributed by atoms with Crippen molar-refractivity contribution in [3.63, 3.8) is 0 Å². The van der Waals surface area contributed by atoms with Gasteiger partial charge >= 0.3 is 0 Å². The second kappa shape index (κ2) is 37.9. The van der Waals surface area contributed by atoms with Crippen LogP contribution in [0.4, 0.5) is 0 Å². The summed E-state index contributed by atoms with van der Waals surface area (Å²) in [7, 11) is 0. The van der Waals surface area contributed by atoms with Gasteiger partial charge < -0.3 is 4.74 Å². The summed E-state index contributed by atoms with van der Waals surface area (Å²) in [5, 5.41) is 0. The van der Waals surface area contributed by atoms with E-state index in [1.807, 2.05) is 55.4 Å². The molecule has 0 aromatic heterocycles. The average Bonchev–Trinajstić information content (AvgIpc) is 3.28. The Morgan fingerprint density at radius 3 is 0.913 bits per heavy atom. The van der Waals surface area contributed by atoms with Crippen LogP contribution in [-0.4, -0.2) is 13.2 Å². The summed E-state index contributed by atoms with van der Waals surface area (Å²) in [6, 6.07) is 0. The van der Waals surface area contributed by atoms with E-state index in [-0.39, 0.29) is 0 Å². The Morgan fingerprint density at radius 1 is 0.609 bits per heavy atom. The molecule has 0 N–H and O–H groups in total. The molecule has 0 radical (unpaired) electrons. The van der Waals surface area contributed by atoms with Crippen molar-refractivity contribution >= 4 is 0 Å². The van der Waals surface area contributed by atoms with Gasteiger partial charge in [0.1, 0.15) is 0 Å². The molecule has 1 heterocycles. The van der Waals surface area contributed by atoms with Crippen LogP contribution in [0.3, 0.4) is 0 Å². The lowest BCUT2D eigenvalue weighted by atomic mass is 10.1. The normalized spacial score (nSPS) is 13.7. The molecule has 23 heavy (non-hydrogen) atoms. The van der Waals surface area contributed by atoms with Crippen molar-refractivity contribution in [1.29, 1.82) is 0 Å². The van der Waals surface area contributed by atoms with Gasteiger partial charge in [0, 0.05) is 13.2 Å². The maximum absolute atomic E-state index is 4.94. The zero-order chi connectivity index (χ0) is 19.7. The molecule has 2 aliphatic rings. The number of rotatable bonds is 1. The van der Waals surface area contributed by atoms with E-state index in [0.29, 0.717) is 0 Å². The van der Waals surface area contributed by atoms with Crippen LogP contribution >= 0.6 is 0 Å². The van der Waals surface area contributed by atoms with E-state index >= 15 is 0 Å². The Kier molecular flexibility index (Phi) is 56.5. The second-order valence-electron chi connectivity index (χ2n) is 5.63. The van der Waals surface area contributed by atoms with Gasteiger partial charge in [-0.15, -0.1) is 0 Å². The summed E-state index contributed by atoms with van der Waals surface area (Å²) >= 11 is 0. The van der Waals surface area contributed by atoms with Crippen LogP contribution < -0.4 is 0 Å². The minimum atomic E-state index is 0.833. The molecule has 2 rings (SSSR count). The molecule has 0 atom stereocenters. The largest absolute Gasteiger partial charge is 0.381 e. The molecule has 0 aromatic rings. The first kappa shape index (κ1) is 34.3. The lowest BCUT2D eigenvalue weighted by molar-refractivity contribution is 0.198. The molecule has 1 aliphatic heterocycles. The third-order valence-electron chi connectivity index (χ3n) is 2.39. The van der Waals surface area contributed by atoms with Crippen LogP contribution in [0, 0.1) is 17.8 Å². The van der Waals surface area contributed by atoms with Gasteiger partial charge in [-0.05, 0) is 43.4 Å².